The average Bonchev–Trinajstić information content (AvgIpc) is 2.79. The second-order valence-electron chi connectivity index (χ2n) is 4.09. The van der Waals surface area contributed by atoms with Crippen LogP contribution in [0, 0.1) is 0 Å². The summed E-state index contributed by atoms with van der Waals surface area (Å²) in [5.74, 6) is -0.883. The van der Waals surface area contributed by atoms with Crippen LogP contribution in [0.15, 0.2) is 30.3 Å². The van der Waals surface area contributed by atoms with Gasteiger partial charge in [-0.3, -0.25) is 4.18 Å². The molecule has 0 saturated carbocycles. The van der Waals surface area contributed by atoms with Crippen molar-refractivity contribution in [2.24, 2.45) is 0 Å². The topological polar surface area (TPSA) is 61.8 Å². The summed E-state index contributed by atoms with van der Waals surface area (Å²) in [6, 6.07) is 9.47. The molecule has 2 rings (SSSR count). The van der Waals surface area contributed by atoms with Crippen LogP contribution in [-0.2, 0) is 29.6 Å². The lowest BCUT2D eigenvalue weighted by Crippen LogP contribution is -2.29. The van der Waals surface area contributed by atoms with Gasteiger partial charge >= 0.3 is 0 Å². The fraction of sp³-hybridized carbons (Fsp3) is 0.500. The van der Waals surface area contributed by atoms with Crippen molar-refractivity contribution in [2.75, 3.05) is 26.1 Å². The van der Waals surface area contributed by atoms with Gasteiger partial charge in [0.1, 0.15) is 0 Å². The van der Waals surface area contributed by atoms with E-state index in [-0.39, 0.29) is 6.61 Å². The maximum Gasteiger partial charge on any atom is 0.264 e. The molecule has 18 heavy (non-hydrogen) atoms. The molecule has 1 fully saturated rings. The normalized spacial score (nSPS) is 18.9. The second-order valence-corrected chi connectivity index (χ2v) is 5.74. The maximum absolute atomic E-state index is 10.9. The van der Waals surface area contributed by atoms with E-state index in [1.807, 2.05) is 30.3 Å². The Kier molecular flexibility index (Phi) is 4.01. The van der Waals surface area contributed by atoms with Crippen molar-refractivity contribution >= 4 is 10.1 Å². The van der Waals surface area contributed by atoms with Gasteiger partial charge in [0.2, 0.25) is 0 Å². The van der Waals surface area contributed by atoms with Crippen molar-refractivity contribution < 1.29 is 22.1 Å². The van der Waals surface area contributed by atoms with E-state index in [1.54, 1.807) is 0 Å². The fourth-order valence-corrected chi connectivity index (χ4v) is 2.32. The molecule has 1 aromatic carbocycles. The van der Waals surface area contributed by atoms with Gasteiger partial charge in [-0.1, -0.05) is 30.3 Å². The third kappa shape index (κ3) is 3.29. The van der Waals surface area contributed by atoms with Crippen LogP contribution in [0.5, 0.6) is 0 Å². The molecule has 1 heterocycles. The molecule has 0 N–H and O–H groups in total. The summed E-state index contributed by atoms with van der Waals surface area (Å²) >= 11 is 0. The highest BCUT2D eigenvalue weighted by Gasteiger charge is 2.38. The predicted molar refractivity (Wildman–Crippen MR) is 65.4 cm³/mol. The summed E-state index contributed by atoms with van der Waals surface area (Å²) in [5, 5.41) is 0. The summed E-state index contributed by atoms with van der Waals surface area (Å²) in [6.07, 6.45) is 1.36. The van der Waals surface area contributed by atoms with Gasteiger partial charge in [0, 0.05) is 12.0 Å². The van der Waals surface area contributed by atoms with Gasteiger partial charge < -0.3 is 9.47 Å². The van der Waals surface area contributed by atoms with Crippen LogP contribution in [0.4, 0.5) is 0 Å². The van der Waals surface area contributed by atoms with Gasteiger partial charge in [-0.15, -0.1) is 0 Å². The van der Waals surface area contributed by atoms with Crippen LogP contribution < -0.4 is 0 Å². The van der Waals surface area contributed by atoms with Gasteiger partial charge in [0.15, 0.2) is 5.79 Å². The Labute approximate surface area is 107 Å². The number of hydrogen-bond donors (Lipinski definition) is 0. The van der Waals surface area contributed by atoms with Crippen molar-refractivity contribution in [1.82, 2.24) is 0 Å². The molecule has 0 bridgehead atoms. The molecule has 0 amide bonds. The van der Waals surface area contributed by atoms with E-state index in [0.717, 1.165) is 11.8 Å². The van der Waals surface area contributed by atoms with E-state index in [0.29, 0.717) is 19.6 Å². The molecule has 0 aromatic heterocycles. The highest BCUT2D eigenvalue weighted by atomic mass is 32.2. The van der Waals surface area contributed by atoms with E-state index in [9.17, 15) is 8.42 Å². The summed E-state index contributed by atoms with van der Waals surface area (Å²) < 4.78 is 37.9. The lowest BCUT2D eigenvalue weighted by Gasteiger charge is -2.27. The second kappa shape index (κ2) is 5.36. The predicted octanol–water partition coefficient (Wildman–Crippen LogP) is 1.25. The first-order chi connectivity index (χ1) is 8.52. The van der Waals surface area contributed by atoms with E-state index in [2.05, 4.69) is 0 Å². The third-order valence-corrected chi connectivity index (χ3v) is 3.29. The molecule has 0 spiro atoms. The molecule has 1 saturated heterocycles. The molecule has 0 radical (unpaired) electrons. The minimum Gasteiger partial charge on any atom is -0.343 e. The van der Waals surface area contributed by atoms with E-state index < -0.39 is 15.9 Å². The van der Waals surface area contributed by atoms with Gasteiger partial charge in [0.25, 0.3) is 10.1 Å². The maximum atomic E-state index is 10.9. The lowest BCUT2D eigenvalue weighted by atomic mass is 10.0. The van der Waals surface area contributed by atoms with Crippen LogP contribution in [0.1, 0.15) is 12.0 Å². The molecule has 6 heteroatoms. The van der Waals surface area contributed by atoms with Gasteiger partial charge in [-0.2, -0.15) is 8.42 Å². The molecule has 1 aliphatic heterocycles. The number of ether oxygens (including phenoxy) is 2. The fourth-order valence-electron chi connectivity index (χ4n) is 1.93. The molecular formula is C12H16O5S. The minimum atomic E-state index is -3.44. The van der Waals surface area contributed by atoms with E-state index >= 15 is 0 Å². The summed E-state index contributed by atoms with van der Waals surface area (Å²) in [5.41, 5.74) is 0.875. The zero-order valence-electron chi connectivity index (χ0n) is 10.2. The Balaban J connectivity index is 2.09. The minimum absolute atomic E-state index is 0.0354. The summed E-state index contributed by atoms with van der Waals surface area (Å²) in [7, 11) is -3.44. The highest BCUT2D eigenvalue weighted by molar-refractivity contribution is 7.85. The SMILES string of the molecule is CS(=O)(=O)OCCC1(c2ccccc2)OCCO1. The first-order valence-corrected chi connectivity index (χ1v) is 7.51. The molecule has 0 aliphatic carbocycles. The zero-order valence-corrected chi connectivity index (χ0v) is 11.0. The Hall–Kier alpha value is -0.950. The van der Waals surface area contributed by atoms with Crippen molar-refractivity contribution in [3.63, 3.8) is 0 Å². The van der Waals surface area contributed by atoms with Crippen molar-refractivity contribution in [3.05, 3.63) is 35.9 Å². The Morgan fingerprint density at radius 1 is 1.22 bits per heavy atom. The van der Waals surface area contributed by atoms with Crippen LogP contribution in [0.25, 0.3) is 0 Å². The molecular weight excluding hydrogens is 256 g/mol. The zero-order chi connectivity index (χ0) is 13.1. The summed E-state index contributed by atoms with van der Waals surface area (Å²) in [4.78, 5) is 0. The van der Waals surface area contributed by atoms with Gasteiger partial charge in [-0.05, 0) is 0 Å². The summed E-state index contributed by atoms with van der Waals surface area (Å²) in [6.45, 7) is 1.02. The molecule has 0 unspecified atom stereocenters. The van der Waals surface area contributed by atoms with E-state index in [4.69, 9.17) is 13.7 Å². The molecule has 1 aliphatic rings. The van der Waals surface area contributed by atoms with E-state index in [1.165, 1.54) is 0 Å². The van der Waals surface area contributed by atoms with Crippen molar-refractivity contribution in [1.29, 1.82) is 0 Å². The standard InChI is InChI=1S/C12H16O5S/c1-18(13,14)17-8-7-12(15-9-10-16-12)11-5-3-2-4-6-11/h2-6H,7-10H2,1H3. The van der Waals surface area contributed by atoms with Crippen LogP contribution >= 0.6 is 0 Å². The highest BCUT2D eigenvalue weighted by Crippen LogP contribution is 2.34. The Morgan fingerprint density at radius 2 is 1.83 bits per heavy atom. The molecule has 100 valence electrons. The molecule has 0 atom stereocenters. The van der Waals surface area contributed by atoms with Gasteiger partial charge in [-0.25, -0.2) is 0 Å². The first-order valence-electron chi connectivity index (χ1n) is 5.70. The van der Waals surface area contributed by atoms with Crippen LogP contribution in [0.2, 0.25) is 0 Å². The monoisotopic (exact) mass is 272 g/mol. The third-order valence-electron chi connectivity index (χ3n) is 2.70. The van der Waals surface area contributed by atoms with Crippen molar-refractivity contribution in [2.45, 2.75) is 12.2 Å². The number of benzene rings is 1. The quantitative estimate of drug-likeness (QED) is 0.755. The lowest BCUT2D eigenvalue weighted by molar-refractivity contribution is -0.174. The van der Waals surface area contributed by atoms with Crippen LogP contribution in [-0.4, -0.2) is 34.5 Å². The molecule has 5 nitrogen and oxygen atoms in total. The molecule has 1 aromatic rings. The largest absolute Gasteiger partial charge is 0.343 e. The first kappa shape index (κ1) is 13.5. The Morgan fingerprint density at radius 3 is 2.39 bits per heavy atom. The number of hydrogen-bond acceptors (Lipinski definition) is 5. The van der Waals surface area contributed by atoms with Crippen molar-refractivity contribution in [3.8, 4) is 0 Å². The van der Waals surface area contributed by atoms with Gasteiger partial charge in [0.05, 0.1) is 26.1 Å². The average molecular weight is 272 g/mol. The number of rotatable bonds is 5. The smallest absolute Gasteiger partial charge is 0.264 e. The Bertz CT molecular complexity index is 476. The van der Waals surface area contributed by atoms with Crippen LogP contribution in [0.3, 0.4) is 0 Å².